The Labute approximate surface area is 185 Å². The Morgan fingerprint density at radius 1 is 1.23 bits per heavy atom. The van der Waals surface area contributed by atoms with Gasteiger partial charge in [-0.3, -0.25) is 4.79 Å². The molecule has 1 unspecified atom stereocenters. The van der Waals surface area contributed by atoms with Crippen LogP contribution in [-0.2, 0) is 27.7 Å². The van der Waals surface area contributed by atoms with E-state index in [0.717, 1.165) is 29.7 Å². The second kappa shape index (κ2) is 8.49. The Balaban J connectivity index is 1.59. The van der Waals surface area contributed by atoms with E-state index in [-0.39, 0.29) is 11.4 Å². The van der Waals surface area contributed by atoms with E-state index in [1.165, 1.54) is 48.1 Å². The normalized spacial score (nSPS) is 18.4. The minimum atomic E-state index is -3.92. The maximum Gasteiger partial charge on any atom is 0.243 e. The van der Waals surface area contributed by atoms with Crippen LogP contribution in [0.4, 0.5) is 5.00 Å². The number of aryl methyl sites for hydroxylation is 1. The molecule has 1 N–H and O–H groups in total. The van der Waals surface area contributed by atoms with Crippen LogP contribution >= 0.6 is 11.3 Å². The second-order valence-corrected chi connectivity index (χ2v) is 10.4. The zero-order valence-electron chi connectivity index (χ0n) is 17.3. The molecule has 2 heterocycles. The number of fused-ring (bicyclic) bond motifs is 1. The van der Waals surface area contributed by atoms with Gasteiger partial charge in [0.25, 0.3) is 0 Å². The molecule has 1 saturated heterocycles. The summed E-state index contributed by atoms with van der Waals surface area (Å²) in [6.07, 6.45) is 3.77. The van der Waals surface area contributed by atoms with Crippen LogP contribution in [0.1, 0.15) is 35.3 Å². The van der Waals surface area contributed by atoms with Crippen molar-refractivity contribution in [1.82, 2.24) is 4.31 Å². The summed E-state index contributed by atoms with van der Waals surface area (Å²) in [6.45, 7) is 0.251. The van der Waals surface area contributed by atoms with Crippen molar-refractivity contribution in [2.24, 2.45) is 0 Å². The van der Waals surface area contributed by atoms with E-state index in [0.29, 0.717) is 34.9 Å². The lowest BCUT2D eigenvalue weighted by atomic mass is 10.1. The SMILES string of the molecule is COc1ccc(S(=O)(=O)N2CCCC2C(=O)Nc2sc3c(c2C#N)CCC3)cc1OC. The zero-order valence-corrected chi connectivity index (χ0v) is 18.9. The minimum Gasteiger partial charge on any atom is -0.493 e. The number of carbonyl (C=O) groups is 1. The first-order valence-electron chi connectivity index (χ1n) is 10.00. The lowest BCUT2D eigenvalue weighted by Crippen LogP contribution is -2.43. The Hall–Kier alpha value is -2.61. The molecule has 0 saturated carbocycles. The summed E-state index contributed by atoms with van der Waals surface area (Å²) >= 11 is 1.42. The summed E-state index contributed by atoms with van der Waals surface area (Å²) in [5.41, 5.74) is 1.53. The standard InChI is InChI=1S/C21H23N3O5S2/c1-28-17-9-8-13(11-18(17)29-2)31(26,27)24-10-4-6-16(24)20(25)23-21-15(12-22)14-5-3-7-19(14)30-21/h8-9,11,16H,3-7,10H2,1-2H3,(H,23,25). The molecule has 8 nitrogen and oxygen atoms in total. The van der Waals surface area contributed by atoms with Crippen LogP contribution in [0.5, 0.6) is 11.5 Å². The maximum atomic E-state index is 13.3. The van der Waals surface area contributed by atoms with Crippen LogP contribution in [0.15, 0.2) is 23.1 Å². The van der Waals surface area contributed by atoms with Gasteiger partial charge < -0.3 is 14.8 Å². The van der Waals surface area contributed by atoms with Crippen LogP contribution in [0.3, 0.4) is 0 Å². The average Bonchev–Trinajstić information content (AvgIpc) is 3.49. The Kier molecular flexibility index (Phi) is 5.92. The summed E-state index contributed by atoms with van der Waals surface area (Å²) in [6, 6.07) is 5.75. The highest BCUT2D eigenvalue weighted by molar-refractivity contribution is 7.89. The largest absolute Gasteiger partial charge is 0.493 e. The van der Waals surface area contributed by atoms with E-state index < -0.39 is 22.0 Å². The summed E-state index contributed by atoms with van der Waals surface area (Å²) < 4.78 is 38.3. The fourth-order valence-corrected chi connectivity index (χ4v) is 7.12. The highest BCUT2D eigenvalue weighted by Gasteiger charge is 2.40. The van der Waals surface area contributed by atoms with Crippen molar-refractivity contribution in [2.45, 2.75) is 43.0 Å². The molecule has 0 spiro atoms. The first kappa shape index (κ1) is 21.6. The quantitative estimate of drug-likeness (QED) is 0.709. The smallest absolute Gasteiger partial charge is 0.243 e. The maximum absolute atomic E-state index is 13.3. The predicted octanol–water partition coefficient (Wildman–Crippen LogP) is 2.92. The van der Waals surface area contributed by atoms with Gasteiger partial charge in [0.15, 0.2) is 11.5 Å². The lowest BCUT2D eigenvalue weighted by molar-refractivity contribution is -0.119. The number of nitriles is 1. The number of methoxy groups -OCH3 is 2. The van der Waals surface area contributed by atoms with E-state index in [4.69, 9.17) is 9.47 Å². The molecule has 1 amide bonds. The first-order chi connectivity index (χ1) is 14.9. The number of thiophene rings is 1. The van der Waals surface area contributed by atoms with Crippen molar-refractivity contribution in [2.75, 3.05) is 26.1 Å². The van der Waals surface area contributed by atoms with Crippen molar-refractivity contribution in [3.63, 3.8) is 0 Å². The summed E-state index contributed by atoms with van der Waals surface area (Å²) in [5, 5.41) is 12.9. The van der Waals surface area contributed by atoms with Crippen molar-refractivity contribution in [3.8, 4) is 17.6 Å². The number of amides is 1. The van der Waals surface area contributed by atoms with Crippen LogP contribution < -0.4 is 14.8 Å². The highest BCUT2D eigenvalue weighted by Crippen LogP contribution is 2.39. The van der Waals surface area contributed by atoms with Gasteiger partial charge in [0.1, 0.15) is 17.1 Å². The molecule has 0 radical (unpaired) electrons. The molecule has 10 heteroatoms. The number of ether oxygens (including phenoxy) is 2. The Morgan fingerprint density at radius 2 is 2.00 bits per heavy atom. The highest BCUT2D eigenvalue weighted by atomic mass is 32.2. The number of hydrogen-bond acceptors (Lipinski definition) is 7. The molecule has 4 rings (SSSR count). The summed E-state index contributed by atoms with van der Waals surface area (Å²) in [5.74, 6) is 0.320. The van der Waals surface area contributed by atoms with Gasteiger partial charge in [-0.05, 0) is 49.8 Å². The number of hydrogen-bond donors (Lipinski definition) is 1. The van der Waals surface area contributed by atoms with Gasteiger partial charge in [0, 0.05) is 17.5 Å². The summed E-state index contributed by atoms with van der Waals surface area (Å²) in [7, 11) is -1.01. The fraction of sp³-hybridized carbons (Fsp3) is 0.429. The molecule has 2 aliphatic rings. The third-order valence-corrected chi connectivity index (χ3v) is 8.85. The molecule has 31 heavy (non-hydrogen) atoms. The number of sulfonamides is 1. The van der Waals surface area contributed by atoms with E-state index in [2.05, 4.69) is 11.4 Å². The topological polar surface area (TPSA) is 109 Å². The number of nitrogens with one attached hydrogen (secondary N) is 1. The lowest BCUT2D eigenvalue weighted by Gasteiger charge is -2.23. The van der Waals surface area contributed by atoms with Gasteiger partial charge in [-0.15, -0.1) is 11.3 Å². The predicted molar refractivity (Wildman–Crippen MR) is 116 cm³/mol. The van der Waals surface area contributed by atoms with Crippen molar-refractivity contribution >= 4 is 32.3 Å². The van der Waals surface area contributed by atoms with Crippen LogP contribution in [0.2, 0.25) is 0 Å². The third kappa shape index (κ3) is 3.78. The number of carbonyl (C=O) groups excluding carboxylic acids is 1. The van der Waals surface area contributed by atoms with E-state index >= 15 is 0 Å². The van der Waals surface area contributed by atoms with Gasteiger partial charge >= 0.3 is 0 Å². The molecule has 1 aromatic heterocycles. The van der Waals surface area contributed by atoms with E-state index in [9.17, 15) is 18.5 Å². The number of benzene rings is 1. The third-order valence-electron chi connectivity index (χ3n) is 5.74. The van der Waals surface area contributed by atoms with E-state index in [1.54, 1.807) is 0 Å². The summed E-state index contributed by atoms with van der Waals surface area (Å²) in [4.78, 5) is 14.2. The van der Waals surface area contributed by atoms with Crippen LogP contribution in [0.25, 0.3) is 0 Å². The number of rotatable bonds is 6. The van der Waals surface area contributed by atoms with Gasteiger partial charge in [-0.1, -0.05) is 0 Å². The Morgan fingerprint density at radius 3 is 2.71 bits per heavy atom. The van der Waals surface area contributed by atoms with Crippen LogP contribution in [-0.4, -0.2) is 45.4 Å². The molecule has 1 fully saturated rings. The average molecular weight is 462 g/mol. The zero-order chi connectivity index (χ0) is 22.2. The number of nitrogens with zero attached hydrogens (tertiary/aromatic N) is 2. The van der Waals surface area contributed by atoms with Gasteiger partial charge in [0.2, 0.25) is 15.9 Å². The molecular weight excluding hydrogens is 438 g/mol. The molecule has 1 aliphatic heterocycles. The first-order valence-corrected chi connectivity index (χ1v) is 12.3. The van der Waals surface area contributed by atoms with Crippen molar-refractivity contribution in [1.29, 1.82) is 5.26 Å². The minimum absolute atomic E-state index is 0.0395. The molecule has 1 atom stereocenters. The molecule has 1 aromatic carbocycles. The van der Waals surface area contributed by atoms with E-state index in [1.807, 2.05) is 0 Å². The molecule has 164 valence electrons. The Bertz CT molecular complexity index is 1170. The van der Waals surface area contributed by atoms with Crippen LogP contribution in [0, 0.1) is 11.3 Å². The molecule has 0 bridgehead atoms. The van der Waals surface area contributed by atoms with Gasteiger partial charge in [-0.2, -0.15) is 9.57 Å². The molecule has 2 aromatic rings. The van der Waals surface area contributed by atoms with Crippen molar-refractivity contribution < 1.29 is 22.7 Å². The second-order valence-electron chi connectivity index (χ2n) is 7.45. The number of anilines is 1. The van der Waals surface area contributed by atoms with Gasteiger partial charge in [-0.25, -0.2) is 8.42 Å². The monoisotopic (exact) mass is 461 g/mol. The molecule has 1 aliphatic carbocycles. The molecular formula is C21H23N3O5S2. The van der Waals surface area contributed by atoms with Crippen molar-refractivity contribution in [3.05, 3.63) is 34.2 Å². The van der Waals surface area contributed by atoms with Gasteiger partial charge in [0.05, 0.1) is 24.7 Å². The fourth-order valence-electron chi connectivity index (χ4n) is 4.21.